The Balaban J connectivity index is 2.82. The highest BCUT2D eigenvalue weighted by atomic mass is 32.2. The van der Waals surface area contributed by atoms with Crippen molar-refractivity contribution in [2.45, 2.75) is 24.8 Å². The quantitative estimate of drug-likeness (QED) is 0.699. The lowest BCUT2D eigenvalue weighted by Crippen LogP contribution is -2.33. The SMILES string of the molecule is Cc1cc(S(=O)(=O)NCC(O)CO)c(C)s1. The highest BCUT2D eigenvalue weighted by Crippen LogP contribution is 2.24. The molecule has 92 valence electrons. The monoisotopic (exact) mass is 265 g/mol. The summed E-state index contributed by atoms with van der Waals surface area (Å²) >= 11 is 1.41. The Morgan fingerprint density at radius 2 is 2.12 bits per heavy atom. The van der Waals surface area contributed by atoms with E-state index in [1.165, 1.54) is 11.3 Å². The highest BCUT2D eigenvalue weighted by Gasteiger charge is 2.19. The van der Waals surface area contributed by atoms with Crippen molar-refractivity contribution in [2.75, 3.05) is 13.2 Å². The first-order chi connectivity index (χ1) is 7.36. The average Bonchev–Trinajstić information content (AvgIpc) is 2.55. The summed E-state index contributed by atoms with van der Waals surface area (Å²) in [7, 11) is -3.59. The van der Waals surface area contributed by atoms with E-state index in [1.54, 1.807) is 13.0 Å². The molecule has 1 heterocycles. The Kier molecular flexibility index (Phi) is 4.45. The summed E-state index contributed by atoms with van der Waals surface area (Å²) in [4.78, 5) is 1.87. The van der Waals surface area contributed by atoms with Crippen LogP contribution in [0, 0.1) is 13.8 Å². The van der Waals surface area contributed by atoms with Crippen molar-refractivity contribution in [1.29, 1.82) is 0 Å². The second kappa shape index (κ2) is 5.24. The molecule has 0 fully saturated rings. The van der Waals surface area contributed by atoms with Gasteiger partial charge in [-0.15, -0.1) is 11.3 Å². The maximum Gasteiger partial charge on any atom is 0.241 e. The third-order valence-electron chi connectivity index (χ3n) is 2.00. The Morgan fingerprint density at radius 3 is 2.56 bits per heavy atom. The van der Waals surface area contributed by atoms with E-state index < -0.39 is 22.7 Å². The smallest absolute Gasteiger partial charge is 0.241 e. The summed E-state index contributed by atoms with van der Waals surface area (Å²) in [6, 6.07) is 1.59. The van der Waals surface area contributed by atoms with Gasteiger partial charge in [0.1, 0.15) is 0 Å². The summed E-state index contributed by atoms with van der Waals surface area (Å²) < 4.78 is 25.8. The number of hydrogen-bond acceptors (Lipinski definition) is 5. The molecule has 7 heteroatoms. The van der Waals surface area contributed by atoms with Crippen molar-refractivity contribution in [2.24, 2.45) is 0 Å². The van der Waals surface area contributed by atoms with Crippen LogP contribution in [0.1, 0.15) is 9.75 Å². The molecule has 0 saturated carbocycles. The van der Waals surface area contributed by atoms with Crippen molar-refractivity contribution in [1.82, 2.24) is 4.72 Å². The van der Waals surface area contributed by atoms with E-state index in [0.717, 1.165) is 4.88 Å². The fourth-order valence-corrected chi connectivity index (χ4v) is 3.85. The second-order valence-corrected chi connectivity index (χ2v) is 6.66. The van der Waals surface area contributed by atoms with E-state index in [4.69, 9.17) is 10.2 Å². The predicted octanol–water partition coefficient (Wildman–Crippen LogP) is -0.00356. The molecule has 0 saturated heterocycles. The first kappa shape index (κ1) is 13.6. The van der Waals surface area contributed by atoms with Crippen molar-refractivity contribution in [3.63, 3.8) is 0 Å². The molecule has 16 heavy (non-hydrogen) atoms. The lowest BCUT2D eigenvalue weighted by atomic mass is 10.4. The van der Waals surface area contributed by atoms with Crippen molar-refractivity contribution < 1.29 is 18.6 Å². The van der Waals surface area contributed by atoms with Gasteiger partial charge in [-0.3, -0.25) is 0 Å². The standard InChI is InChI=1S/C9H15NO4S2/c1-6-3-9(7(2)15-6)16(13,14)10-4-8(12)5-11/h3,8,10-12H,4-5H2,1-2H3. The van der Waals surface area contributed by atoms with Gasteiger partial charge in [-0.05, 0) is 19.9 Å². The van der Waals surface area contributed by atoms with Gasteiger partial charge >= 0.3 is 0 Å². The lowest BCUT2D eigenvalue weighted by molar-refractivity contribution is 0.0988. The minimum absolute atomic E-state index is 0.187. The number of sulfonamides is 1. The zero-order valence-corrected chi connectivity index (χ0v) is 10.7. The molecule has 1 atom stereocenters. The first-order valence-electron chi connectivity index (χ1n) is 4.72. The fraction of sp³-hybridized carbons (Fsp3) is 0.556. The van der Waals surface area contributed by atoms with Gasteiger partial charge in [0.05, 0.1) is 17.6 Å². The molecular weight excluding hydrogens is 250 g/mol. The zero-order valence-electron chi connectivity index (χ0n) is 9.10. The fourth-order valence-electron chi connectivity index (χ4n) is 1.22. The molecule has 0 amide bonds. The Labute approximate surface area is 98.8 Å². The van der Waals surface area contributed by atoms with Crippen molar-refractivity contribution >= 4 is 21.4 Å². The molecule has 1 rings (SSSR count). The normalized spacial score (nSPS) is 14.0. The summed E-state index contributed by atoms with van der Waals surface area (Å²) in [6.07, 6.45) is -1.07. The summed E-state index contributed by atoms with van der Waals surface area (Å²) in [5.74, 6) is 0. The van der Waals surface area contributed by atoms with Gasteiger partial charge in [-0.25, -0.2) is 13.1 Å². The van der Waals surface area contributed by atoms with E-state index in [9.17, 15) is 8.42 Å². The van der Waals surface area contributed by atoms with Gasteiger partial charge in [-0.2, -0.15) is 0 Å². The molecule has 1 aromatic rings. The number of nitrogens with one attached hydrogen (secondary N) is 1. The van der Waals surface area contributed by atoms with Crippen molar-refractivity contribution in [3.05, 3.63) is 15.8 Å². The molecule has 0 bridgehead atoms. The molecule has 1 aromatic heterocycles. The van der Waals surface area contributed by atoms with Crippen LogP contribution in [-0.2, 0) is 10.0 Å². The van der Waals surface area contributed by atoms with Crippen LogP contribution in [0.25, 0.3) is 0 Å². The third-order valence-corrected chi connectivity index (χ3v) is 4.65. The molecule has 0 aliphatic rings. The van der Waals surface area contributed by atoms with E-state index in [-0.39, 0.29) is 11.4 Å². The number of aryl methyl sites for hydroxylation is 2. The molecule has 0 radical (unpaired) electrons. The van der Waals surface area contributed by atoms with Crippen LogP contribution in [0.4, 0.5) is 0 Å². The first-order valence-corrected chi connectivity index (χ1v) is 7.02. The molecule has 3 N–H and O–H groups in total. The highest BCUT2D eigenvalue weighted by molar-refractivity contribution is 7.89. The molecular formula is C9H15NO4S2. The van der Waals surface area contributed by atoms with Gasteiger partial charge < -0.3 is 10.2 Å². The Hall–Kier alpha value is -0.470. The molecule has 0 aliphatic heterocycles. The minimum atomic E-state index is -3.59. The maximum atomic E-state index is 11.8. The largest absolute Gasteiger partial charge is 0.394 e. The molecule has 0 aromatic carbocycles. The topological polar surface area (TPSA) is 86.6 Å². The number of hydrogen-bond donors (Lipinski definition) is 3. The second-order valence-electron chi connectivity index (χ2n) is 3.47. The van der Waals surface area contributed by atoms with Gasteiger partial charge in [-0.1, -0.05) is 0 Å². The molecule has 1 unspecified atom stereocenters. The average molecular weight is 265 g/mol. The maximum absolute atomic E-state index is 11.8. The zero-order chi connectivity index (χ0) is 12.3. The van der Waals surface area contributed by atoms with Crippen LogP contribution in [0.5, 0.6) is 0 Å². The van der Waals surface area contributed by atoms with Crippen LogP contribution in [0.15, 0.2) is 11.0 Å². The molecule has 0 aliphatic carbocycles. The number of rotatable bonds is 5. The Morgan fingerprint density at radius 1 is 1.50 bits per heavy atom. The van der Waals surface area contributed by atoms with Crippen molar-refractivity contribution in [3.8, 4) is 0 Å². The lowest BCUT2D eigenvalue weighted by Gasteiger charge is -2.09. The third kappa shape index (κ3) is 3.26. The van der Waals surface area contributed by atoms with Crippen LogP contribution in [-0.4, -0.2) is 37.9 Å². The van der Waals surface area contributed by atoms with E-state index in [2.05, 4.69) is 4.72 Å². The van der Waals surface area contributed by atoms with Gasteiger partial charge in [0.2, 0.25) is 10.0 Å². The van der Waals surface area contributed by atoms with Gasteiger partial charge in [0.15, 0.2) is 0 Å². The number of aliphatic hydroxyl groups excluding tert-OH is 2. The molecule has 5 nitrogen and oxygen atoms in total. The Bertz CT molecular complexity index is 452. The summed E-state index contributed by atoms with van der Waals surface area (Å²) in [6.45, 7) is 2.91. The van der Waals surface area contributed by atoms with Gasteiger partial charge in [0.25, 0.3) is 0 Å². The van der Waals surface area contributed by atoms with Crippen LogP contribution in [0.2, 0.25) is 0 Å². The van der Waals surface area contributed by atoms with Crippen LogP contribution in [0.3, 0.4) is 0 Å². The summed E-state index contributed by atoms with van der Waals surface area (Å²) in [5.41, 5.74) is 0. The number of aliphatic hydroxyl groups is 2. The van der Waals surface area contributed by atoms with E-state index in [0.29, 0.717) is 4.88 Å². The number of thiophene rings is 1. The van der Waals surface area contributed by atoms with E-state index in [1.807, 2.05) is 6.92 Å². The van der Waals surface area contributed by atoms with E-state index >= 15 is 0 Å². The minimum Gasteiger partial charge on any atom is -0.394 e. The predicted molar refractivity (Wildman–Crippen MR) is 62.1 cm³/mol. The van der Waals surface area contributed by atoms with Crippen LogP contribution < -0.4 is 4.72 Å². The van der Waals surface area contributed by atoms with Crippen LogP contribution >= 0.6 is 11.3 Å². The molecule has 0 spiro atoms. The summed E-state index contributed by atoms with van der Waals surface area (Å²) in [5, 5.41) is 17.6. The van der Waals surface area contributed by atoms with Gasteiger partial charge in [0, 0.05) is 16.3 Å².